The summed E-state index contributed by atoms with van der Waals surface area (Å²) in [5, 5.41) is 3.07. The maximum atomic E-state index is 10.6. The second-order valence-electron chi connectivity index (χ2n) is 2.17. The van der Waals surface area contributed by atoms with Crippen molar-refractivity contribution >= 4 is 22.8 Å². The predicted molar refractivity (Wildman–Crippen MR) is 48.6 cm³/mol. The lowest BCUT2D eigenvalue weighted by Gasteiger charge is -2.20. The van der Waals surface area contributed by atoms with Gasteiger partial charge in [0.1, 0.15) is 6.10 Å². The van der Waals surface area contributed by atoms with Crippen LogP contribution < -0.4 is 11.5 Å². The number of Topliss-reactive ketones (excluding diaryl/α,β-unsaturated/α-hetero) is 1. The number of hydrogen-bond donors (Lipinski definition) is 2. The first kappa shape index (κ1) is 13.6. The topological polar surface area (TPSA) is 73.3 Å². The number of ether oxygens (including phenoxy) is 1. The molecule has 4 nitrogen and oxygen atoms in total. The van der Waals surface area contributed by atoms with Crippen LogP contribution in [0.25, 0.3) is 0 Å². The molecule has 0 saturated carbocycles. The van der Waals surface area contributed by atoms with Crippen molar-refractivity contribution in [1.29, 1.82) is 0 Å². The molecule has 4 N–H and O–H groups in total. The molecule has 1 heterocycles. The Morgan fingerprint density at radius 3 is 2.55 bits per heavy atom. The number of hydrogen-bond acceptors (Lipinski definition) is 4. The van der Waals surface area contributed by atoms with Crippen molar-refractivity contribution in [2.45, 2.75) is 13.0 Å². The third-order valence-electron chi connectivity index (χ3n) is 1.38. The summed E-state index contributed by atoms with van der Waals surface area (Å²) in [5.41, 5.74) is 0. The van der Waals surface area contributed by atoms with E-state index in [1.807, 2.05) is 0 Å². The van der Waals surface area contributed by atoms with Crippen LogP contribution in [0.4, 0.5) is 0 Å². The van der Waals surface area contributed by atoms with Crippen LogP contribution in [0.2, 0.25) is 0 Å². The van der Waals surface area contributed by atoms with Crippen molar-refractivity contribution in [2.75, 3.05) is 19.7 Å². The van der Waals surface area contributed by atoms with Crippen LogP contribution in [0.15, 0.2) is 0 Å². The number of ketones is 1. The highest BCUT2D eigenvalue weighted by Gasteiger charge is 2.16. The van der Waals surface area contributed by atoms with Crippen LogP contribution >= 0.6 is 17.0 Å². The SMILES string of the molecule is Br.CC(=O)C1CNCCO1.N. The molecule has 5 heteroatoms. The molecule has 0 aromatic carbocycles. The Morgan fingerprint density at radius 2 is 2.27 bits per heavy atom. The van der Waals surface area contributed by atoms with Gasteiger partial charge < -0.3 is 16.2 Å². The first-order valence-corrected chi connectivity index (χ1v) is 3.13. The molecule has 1 unspecified atom stereocenters. The van der Waals surface area contributed by atoms with E-state index < -0.39 is 0 Å². The minimum Gasteiger partial charge on any atom is -0.368 e. The fourth-order valence-electron chi connectivity index (χ4n) is 0.827. The lowest BCUT2D eigenvalue weighted by Crippen LogP contribution is -2.42. The molecule has 1 saturated heterocycles. The minimum atomic E-state index is -0.196. The highest BCUT2D eigenvalue weighted by atomic mass is 79.9. The third kappa shape index (κ3) is 4.47. The fourth-order valence-corrected chi connectivity index (χ4v) is 0.827. The molecule has 1 aliphatic rings. The quantitative estimate of drug-likeness (QED) is 0.675. The predicted octanol–water partition coefficient (Wildman–Crippen LogP) is 0.304. The van der Waals surface area contributed by atoms with Crippen molar-refractivity contribution in [3.63, 3.8) is 0 Å². The maximum absolute atomic E-state index is 10.6. The Labute approximate surface area is 77.0 Å². The zero-order valence-corrected chi connectivity index (χ0v) is 8.34. The largest absolute Gasteiger partial charge is 0.368 e. The summed E-state index contributed by atoms with van der Waals surface area (Å²) in [6.07, 6.45) is -0.196. The van der Waals surface area contributed by atoms with E-state index in [0.717, 1.165) is 6.54 Å². The molecule has 1 rings (SSSR count). The van der Waals surface area contributed by atoms with Gasteiger partial charge >= 0.3 is 0 Å². The van der Waals surface area contributed by atoms with Gasteiger partial charge in [0.15, 0.2) is 5.78 Å². The lowest BCUT2D eigenvalue weighted by atomic mass is 10.2. The summed E-state index contributed by atoms with van der Waals surface area (Å²) >= 11 is 0. The standard InChI is InChI=1S/C6H11NO2.BrH.H3N/c1-5(8)6-4-7-2-3-9-6;;/h6-7H,2-4H2,1H3;1H;1H3. The highest BCUT2D eigenvalue weighted by molar-refractivity contribution is 8.93. The molecule has 68 valence electrons. The molecule has 0 spiro atoms. The summed E-state index contributed by atoms with van der Waals surface area (Å²) < 4.78 is 5.13. The Bertz CT molecular complexity index is 115. The van der Waals surface area contributed by atoms with Crippen molar-refractivity contribution in [3.05, 3.63) is 0 Å². The van der Waals surface area contributed by atoms with E-state index in [1.165, 1.54) is 0 Å². The van der Waals surface area contributed by atoms with Gasteiger partial charge in [-0.15, -0.1) is 17.0 Å². The van der Waals surface area contributed by atoms with Crippen LogP contribution in [0.3, 0.4) is 0 Å². The van der Waals surface area contributed by atoms with E-state index in [0.29, 0.717) is 13.2 Å². The summed E-state index contributed by atoms with van der Waals surface area (Å²) in [6, 6.07) is 0. The Balaban J connectivity index is 0. The van der Waals surface area contributed by atoms with Gasteiger partial charge in [-0.2, -0.15) is 0 Å². The summed E-state index contributed by atoms with van der Waals surface area (Å²) in [5.74, 6) is 0.113. The molecule has 1 fully saturated rings. The third-order valence-corrected chi connectivity index (χ3v) is 1.38. The van der Waals surface area contributed by atoms with Crippen LogP contribution in [0.5, 0.6) is 0 Å². The first-order chi connectivity index (χ1) is 4.30. The molecule has 0 amide bonds. The number of nitrogens with one attached hydrogen (secondary N) is 1. The molecule has 1 atom stereocenters. The molecular formula is C6H15BrN2O2. The van der Waals surface area contributed by atoms with Crippen molar-refractivity contribution in [3.8, 4) is 0 Å². The number of halogens is 1. The number of morpholine rings is 1. The molecule has 1 aliphatic heterocycles. The fraction of sp³-hybridized carbons (Fsp3) is 0.833. The van der Waals surface area contributed by atoms with E-state index in [1.54, 1.807) is 6.92 Å². The van der Waals surface area contributed by atoms with Crippen LogP contribution in [0.1, 0.15) is 6.92 Å². The van der Waals surface area contributed by atoms with E-state index in [-0.39, 0.29) is 35.0 Å². The molecule has 0 aliphatic carbocycles. The molecule has 0 aromatic heterocycles. The molecule has 0 radical (unpaired) electrons. The van der Waals surface area contributed by atoms with Crippen LogP contribution in [0, 0.1) is 0 Å². The van der Waals surface area contributed by atoms with Gasteiger partial charge in [0.25, 0.3) is 0 Å². The van der Waals surface area contributed by atoms with Crippen LogP contribution in [-0.4, -0.2) is 31.6 Å². The van der Waals surface area contributed by atoms with Gasteiger partial charge in [0, 0.05) is 13.1 Å². The number of rotatable bonds is 1. The van der Waals surface area contributed by atoms with Crippen LogP contribution in [-0.2, 0) is 9.53 Å². The minimum absolute atomic E-state index is 0. The summed E-state index contributed by atoms with van der Waals surface area (Å²) in [4.78, 5) is 10.6. The van der Waals surface area contributed by atoms with E-state index in [9.17, 15) is 4.79 Å². The van der Waals surface area contributed by atoms with E-state index >= 15 is 0 Å². The Hall–Kier alpha value is 0.0300. The average molecular weight is 227 g/mol. The van der Waals surface area contributed by atoms with Crippen molar-refractivity contribution < 1.29 is 9.53 Å². The Morgan fingerprint density at radius 1 is 1.64 bits per heavy atom. The van der Waals surface area contributed by atoms with E-state index in [4.69, 9.17) is 4.74 Å². The summed E-state index contributed by atoms with van der Waals surface area (Å²) in [6.45, 7) is 3.75. The lowest BCUT2D eigenvalue weighted by molar-refractivity contribution is -0.129. The van der Waals surface area contributed by atoms with Gasteiger partial charge in [-0.3, -0.25) is 4.79 Å². The number of carbonyl (C=O) groups excluding carboxylic acids is 1. The van der Waals surface area contributed by atoms with Crippen molar-refractivity contribution in [2.24, 2.45) is 0 Å². The van der Waals surface area contributed by atoms with Gasteiger partial charge in [-0.05, 0) is 6.92 Å². The summed E-state index contributed by atoms with van der Waals surface area (Å²) in [7, 11) is 0. The number of carbonyl (C=O) groups is 1. The first-order valence-electron chi connectivity index (χ1n) is 3.13. The monoisotopic (exact) mass is 226 g/mol. The molecule has 0 aromatic rings. The molecule has 11 heavy (non-hydrogen) atoms. The second kappa shape index (κ2) is 6.72. The second-order valence-corrected chi connectivity index (χ2v) is 2.17. The highest BCUT2D eigenvalue weighted by Crippen LogP contribution is 1.95. The normalized spacial score (nSPS) is 22.8. The van der Waals surface area contributed by atoms with Gasteiger partial charge in [0.2, 0.25) is 0 Å². The Kier molecular flexibility index (Phi) is 8.32. The molecule has 0 bridgehead atoms. The van der Waals surface area contributed by atoms with Gasteiger partial charge in [0.05, 0.1) is 6.61 Å². The smallest absolute Gasteiger partial charge is 0.159 e. The van der Waals surface area contributed by atoms with Gasteiger partial charge in [-0.1, -0.05) is 0 Å². The van der Waals surface area contributed by atoms with Crippen molar-refractivity contribution in [1.82, 2.24) is 11.5 Å². The van der Waals surface area contributed by atoms with E-state index in [2.05, 4.69) is 5.32 Å². The average Bonchev–Trinajstić information content (AvgIpc) is 1.90. The zero-order chi connectivity index (χ0) is 6.69. The maximum Gasteiger partial charge on any atom is 0.159 e. The zero-order valence-electron chi connectivity index (χ0n) is 6.63. The molecular weight excluding hydrogens is 212 g/mol. The van der Waals surface area contributed by atoms with Gasteiger partial charge in [-0.25, -0.2) is 0 Å².